The molecule has 3 aliphatic rings. The molecule has 5 rings (SSSR count). The monoisotopic (exact) mass is 460 g/mol. The van der Waals surface area contributed by atoms with Crippen LogP contribution in [-0.2, 0) is 15.1 Å². The number of thiophene rings is 2. The molecule has 0 amide bonds. The molecule has 3 saturated heterocycles. The number of hydrogen-bond acceptors (Lipinski definition) is 5. The molecule has 0 saturated carbocycles. The van der Waals surface area contributed by atoms with Crippen LogP contribution in [0.4, 0.5) is 13.2 Å². The third-order valence-corrected chi connectivity index (χ3v) is 8.40. The quantitative estimate of drug-likeness (QED) is 0.488. The molecule has 0 aliphatic carbocycles. The van der Waals surface area contributed by atoms with Crippen molar-refractivity contribution in [1.29, 1.82) is 0 Å². The molecule has 30 heavy (non-hydrogen) atoms. The maximum atomic E-state index is 13.2. The Bertz CT molecular complexity index is 809. The van der Waals surface area contributed by atoms with E-state index in [1.807, 2.05) is 0 Å². The Morgan fingerprint density at radius 1 is 1.13 bits per heavy atom. The van der Waals surface area contributed by atoms with Crippen LogP contribution in [0.2, 0.25) is 0 Å². The van der Waals surface area contributed by atoms with Crippen LogP contribution in [0.1, 0.15) is 35.4 Å². The standard InChI is InChI=1S/C21H25F3NO3S2/c22-20(23,24)8-3-9-25-10-6-15(7-11-25)16(14-25)28-19(26)21(27,17-4-1-12-29-17)18-5-2-13-30-18/h1-2,4-5,12-13,15-16,27H,3,6-11,14H2/q+1/t15?,16-,25?/m0/s1. The minimum Gasteiger partial charge on any atom is -0.453 e. The SMILES string of the molecule is O=C(O[C@H]1C[N+]2(CCCC(F)(F)F)CCC1CC2)C(O)(c1cccs1)c1cccs1. The van der Waals surface area contributed by atoms with Gasteiger partial charge >= 0.3 is 12.1 Å². The van der Waals surface area contributed by atoms with Crippen LogP contribution in [0.15, 0.2) is 35.0 Å². The molecule has 3 aliphatic heterocycles. The Hall–Kier alpha value is -1.42. The van der Waals surface area contributed by atoms with Crippen LogP contribution in [0, 0.1) is 5.92 Å². The van der Waals surface area contributed by atoms with Gasteiger partial charge in [0.15, 0.2) is 6.10 Å². The summed E-state index contributed by atoms with van der Waals surface area (Å²) in [6, 6.07) is 6.99. The van der Waals surface area contributed by atoms with E-state index in [2.05, 4.69) is 0 Å². The molecule has 1 atom stereocenters. The second kappa shape index (κ2) is 8.26. The first-order valence-electron chi connectivity index (χ1n) is 10.2. The van der Waals surface area contributed by atoms with E-state index >= 15 is 0 Å². The van der Waals surface area contributed by atoms with Crippen molar-refractivity contribution in [2.24, 2.45) is 5.92 Å². The van der Waals surface area contributed by atoms with Gasteiger partial charge in [0, 0.05) is 31.6 Å². The number of aliphatic hydroxyl groups is 1. The predicted molar refractivity (Wildman–Crippen MR) is 109 cm³/mol. The van der Waals surface area contributed by atoms with Crippen LogP contribution in [0.25, 0.3) is 0 Å². The molecule has 3 fully saturated rings. The summed E-state index contributed by atoms with van der Waals surface area (Å²) in [5, 5.41) is 15.0. The molecule has 164 valence electrons. The van der Waals surface area contributed by atoms with E-state index in [1.54, 1.807) is 35.0 Å². The molecular weight excluding hydrogens is 435 g/mol. The summed E-state index contributed by atoms with van der Waals surface area (Å²) in [6.45, 7) is 2.63. The number of carbonyl (C=O) groups excluding carboxylic acids is 1. The summed E-state index contributed by atoms with van der Waals surface area (Å²) >= 11 is 2.58. The fourth-order valence-electron chi connectivity index (χ4n) is 4.80. The fourth-order valence-corrected chi connectivity index (χ4v) is 6.51. The second-order valence-electron chi connectivity index (χ2n) is 8.36. The fraction of sp³-hybridized carbons (Fsp3) is 0.571. The minimum atomic E-state index is -4.14. The summed E-state index contributed by atoms with van der Waals surface area (Å²) < 4.78 is 44.3. The number of hydrogen-bond donors (Lipinski definition) is 1. The Morgan fingerprint density at radius 2 is 1.73 bits per heavy atom. The minimum absolute atomic E-state index is 0.0865. The number of rotatable bonds is 7. The van der Waals surface area contributed by atoms with Gasteiger partial charge in [-0.25, -0.2) is 4.79 Å². The topological polar surface area (TPSA) is 46.5 Å². The number of carbonyl (C=O) groups is 1. The second-order valence-corrected chi connectivity index (χ2v) is 10.3. The first kappa shape index (κ1) is 21.8. The Labute approximate surface area is 181 Å². The van der Waals surface area contributed by atoms with Gasteiger partial charge in [-0.05, 0) is 22.9 Å². The molecule has 4 nitrogen and oxygen atoms in total. The first-order chi connectivity index (χ1) is 14.2. The van der Waals surface area contributed by atoms with Gasteiger partial charge in [0.25, 0.3) is 0 Å². The molecule has 0 unspecified atom stereocenters. The lowest BCUT2D eigenvalue weighted by Crippen LogP contribution is -2.65. The zero-order valence-electron chi connectivity index (χ0n) is 16.4. The number of esters is 1. The molecule has 2 bridgehead atoms. The van der Waals surface area contributed by atoms with Crippen molar-refractivity contribution < 1.29 is 32.3 Å². The first-order valence-corrected chi connectivity index (χ1v) is 11.9. The number of piperidine rings is 3. The van der Waals surface area contributed by atoms with Gasteiger partial charge < -0.3 is 14.3 Å². The summed E-state index contributed by atoms with van der Waals surface area (Å²) in [4.78, 5) is 14.3. The van der Waals surface area contributed by atoms with Crippen molar-refractivity contribution >= 4 is 28.6 Å². The third-order valence-electron chi connectivity index (χ3n) is 6.44. The number of ether oxygens (including phenoxy) is 1. The van der Waals surface area contributed by atoms with Crippen molar-refractivity contribution in [3.63, 3.8) is 0 Å². The van der Waals surface area contributed by atoms with Crippen LogP contribution in [0.3, 0.4) is 0 Å². The maximum absolute atomic E-state index is 13.2. The molecule has 1 N–H and O–H groups in total. The molecule has 2 aromatic heterocycles. The zero-order valence-corrected chi connectivity index (χ0v) is 18.1. The predicted octanol–water partition coefficient (Wildman–Crippen LogP) is 4.54. The number of nitrogens with zero attached hydrogens (tertiary/aromatic N) is 1. The van der Waals surface area contributed by atoms with Gasteiger partial charge in [-0.1, -0.05) is 12.1 Å². The molecule has 9 heteroatoms. The largest absolute Gasteiger partial charge is 0.453 e. The van der Waals surface area contributed by atoms with Crippen LogP contribution < -0.4 is 0 Å². The Kier molecular flexibility index (Phi) is 6.00. The Morgan fingerprint density at radius 3 is 2.23 bits per heavy atom. The molecule has 0 spiro atoms. The van der Waals surface area contributed by atoms with Crippen LogP contribution in [0.5, 0.6) is 0 Å². The summed E-state index contributed by atoms with van der Waals surface area (Å²) in [5.41, 5.74) is -1.85. The van der Waals surface area contributed by atoms with Gasteiger partial charge in [-0.15, -0.1) is 22.7 Å². The van der Waals surface area contributed by atoms with Crippen LogP contribution in [-0.4, -0.2) is 54.0 Å². The van der Waals surface area contributed by atoms with E-state index in [4.69, 9.17) is 4.74 Å². The average Bonchev–Trinajstić information content (AvgIpc) is 3.41. The van der Waals surface area contributed by atoms with E-state index in [0.29, 0.717) is 27.3 Å². The normalized spacial score (nSPS) is 26.7. The van der Waals surface area contributed by atoms with E-state index in [9.17, 15) is 23.1 Å². The van der Waals surface area contributed by atoms with Gasteiger partial charge in [-0.2, -0.15) is 13.2 Å². The smallest absolute Gasteiger partial charge is 0.389 e. The van der Waals surface area contributed by atoms with E-state index in [0.717, 1.165) is 25.9 Å². The number of alkyl halides is 3. The van der Waals surface area contributed by atoms with Crippen molar-refractivity contribution in [3.05, 3.63) is 44.8 Å². The summed E-state index contributed by atoms with van der Waals surface area (Å²) in [6.07, 6.45) is -3.55. The Balaban J connectivity index is 1.48. The highest BCUT2D eigenvalue weighted by atomic mass is 32.1. The summed E-state index contributed by atoms with van der Waals surface area (Å²) in [5.74, 6) is -0.493. The molecular formula is C21H25F3NO3S2+. The number of halogens is 3. The van der Waals surface area contributed by atoms with Crippen molar-refractivity contribution in [3.8, 4) is 0 Å². The van der Waals surface area contributed by atoms with Crippen molar-refractivity contribution in [1.82, 2.24) is 0 Å². The average molecular weight is 461 g/mol. The van der Waals surface area contributed by atoms with E-state index < -0.39 is 24.2 Å². The van der Waals surface area contributed by atoms with E-state index in [1.165, 1.54) is 22.7 Å². The van der Waals surface area contributed by atoms with E-state index in [-0.39, 0.29) is 18.4 Å². The molecule has 0 aromatic carbocycles. The van der Waals surface area contributed by atoms with Gasteiger partial charge in [0.1, 0.15) is 6.54 Å². The van der Waals surface area contributed by atoms with Crippen molar-refractivity contribution in [2.45, 2.75) is 43.6 Å². The molecule has 0 radical (unpaired) electrons. The molecule has 5 heterocycles. The maximum Gasteiger partial charge on any atom is 0.389 e. The van der Waals surface area contributed by atoms with Gasteiger partial charge in [-0.3, -0.25) is 0 Å². The van der Waals surface area contributed by atoms with Gasteiger partial charge in [0.2, 0.25) is 5.60 Å². The highest BCUT2D eigenvalue weighted by Gasteiger charge is 2.51. The van der Waals surface area contributed by atoms with Crippen LogP contribution >= 0.6 is 22.7 Å². The summed E-state index contributed by atoms with van der Waals surface area (Å²) in [7, 11) is 0. The lowest BCUT2D eigenvalue weighted by atomic mass is 9.83. The highest BCUT2D eigenvalue weighted by molar-refractivity contribution is 7.12. The van der Waals surface area contributed by atoms with Gasteiger partial charge in [0.05, 0.1) is 29.4 Å². The lowest BCUT2D eigenvalue weighted by molar-refractivity contribution is -0.946. The molecule has 2 aromatic rings. The number of quaternary nitrogens is 1. The third kappa shape index (κ3) is 4.30. The highest BCUT2D eigenvalue weighted by Crippen LogP contribution is 2.40. The van der Waals surface area contributed by atoms with Crippen molar-refractivity contribution in [2.75, 3.05) is 26.2 Å². The number of fused-ring (bicyclic) bond motifs is 3. The lowest BCUT2D eigenvalue weighted by Gasteiger charge is -2.52. The zero-order chi connectivity index (χ0) is 21.4.